The molecule has 4 N–H and O–H groups in total. The highest BCUT2D eigenvalue weighted by atomic mass is 16.5. The summed E-state index contributed by atoms with van der Waals surface area (Å²) in [7, 11) is 0. The van der Waals surface area contributed by atoms with E-state index in [-0.39, 0.29) is 31.2 Å². The lowest BCUT2D eigenvalue weighted by Gasteiger charge is -2.14. The summed E-state index contributed by atoms with van der Waals surface area (Å²) in [6.45, 7) is -0.0198. The Kier molecular flexibility index (Phi) is 5.16. The van der Waals surface area contributed by atoms with Gasteiger partial charge < -0.3 is 21.0 Å². The Labute approximate surface area is 126 Å². The van der Waals surface area contributed by atoms with Crippen molar-refractivity contribution in [2.24, 2.45) is 0 Å². The first-order valence-electron chi connectivity index (χ1n) is 6.70. The normalized spacial score (nSPS) is 10.2. The van der Waals surface area contributed by atoms with Crippen molar-refractivity contribution in [2.45, 2.75) is 6.61 Å². The minimum atomic E-state index is -0.586. The fourth-order valence-electron chi connectivity index (χ4n) is 1.87. The number of aromatic nitrogens is 1. The molecule has 2 aromatic rings. The van der Waals surface area contributed by atoms with Crippen molar-refractivity contribution in [3.63, 3.8) is 0 Å². The van der Waals surface area contributed by atoms with E-state index in [0.717, 1.165) is 10.2 Å². The number of nitrogen functional groups attached to an aromatic ring is 1. The van der Waals surface area contributed by atoms with E-state index >= 15 is 0 Å². The summed E-state index contributed by atoms with van der Waals surface area (Å²) in [6, 6.07) is 10.5. The Morgan fingerprint density at radius 2 is 2.00 bits per heavy atom. The highest BCUT2D eigenvalue weighted by Gasteiger charge is 2.19. The molecule has 0 spiro atoms. The molecule has 0 aliphatic rings. The number of benzene rings is 1. The molecule has 116 valence electrons. The van der Waals surface area contributed by atoms with Gasteiger partial charge in [0.05, 0.1) is 6.61 Å². The van der Waals surface area contributed by atoms with Crippen LogP contribution < -0.4 is 21.3 Å². The van der Waals surface area contributed by atoms with Crippen LogP contribution in [-0.4, -0.2) is 28.8 Å². The third kappa shape index (κ3) is 3.64. The van der Waals surface area contributed by atoms with Gasteiger partial charge in [0.2, 0.25) is 5.43 Å². The molecule has 7 heteroatoms. The summed E-state index contributed by atoms with van der Waals surface area (Å²) in [6.07, 6.45) is 1.28. The van der Waals surface area contributed by atoms with E-state index in [4.69, 9.17) is 15.7 Å². The van der Waals surface area contributed by atoms with Gasteiger partial charge in [-0.3, -0.25) is 14.3 Å². The van der Waals surface area contributed by atoms with Crippen molar-refractivity contribution in [1.82, 2.24) is 9.99 Å². The van der Waals surface area contributed by atoms with Crippen LogP contribution in [-0.2, 0) is 6.61 Å². The lowest BCUT2D eigenvalue weighted by molar-refractivity contribution is 0.0931. The van der Waals surface area contributed by atoms with Crippen LogP contribution in [0.25, 0.3) is 0 Å². The maximum absolute atomic E-state index is 12.1. The topological polar surface area (TPSA) is 107 Å². The van der Waals surface area contributed by atoms with E-state index < -0.39 is 11.3 Å². The van der Waals surface area contributed by atoms with Gasteiger partial charge in [-0.05, 0) is 5.56 Å². The van der Waals surface area contributed by atoms with E-state index in [1.165, 1.54) is 12.3 Å². The number of carbonyl (C=O) groups excluding carboxylic acids is 1. The molecule has 7 nitrogen and oxygen atoms in total. The van der Waals surface area contributed by atoms with Gasteiger partial charge in [-0.1, -0.05) is 30.3 Å². The van der Waals surface area contributed by atoms with Gasteiger partial charge in [-0.2, -0.15) is 0 Å². The Morgan fingerprint density at radius 1 is 1.27 bits per heavy atom. The van der Waals surface area contributed by atoms with Crippen LogP contribution >= 0.6 is 0 Å². The molecule has 0 saturated carbocycles. The van der Waals surface area contributed by atoms with Gasteiger partial charge in [0, 0.05) is 18.8 Å². The molecule has 0 unspecified atom stereocenters. The molecular weight excluding hydrogens is 286 g/mol. The van der Waals surface area contributed by atoms with Gasteiger partial charge in [-0.15, -0.1) is 0 Å². The minimum absolute atomic E-state index is 0.0556. The molecule has 1 heterocycles. The molecule has 0 radical (unpaired) electrons. The van der Waals surface area contributed by atoms with E-state index in [0.29, 0.717) is 0 Å². The van der Waals surface area contributed by atoms with E-state index in [1.54, 1.807) is 0 Å². The SMILES string of the molecule is Nn1ccc(=O)c(OCc2ccccc2)c1C(=O)NCCO. The number of ether oxygens (including phenoxy) is 1. The summed E-state index contributed by atoms with van der Waals surface area (Å²) in [4.78, 5) is 24.0. The van der Waals surface area contributed by atoms with Gasteiger partial charge in [0.15, 0.2) is 11.4 Å². The second kappa shape index (κ2) is 7.28. The lowest BCUT2D eigenvalue weighted by Crippen LogP contribution is -2.33. The maximum atomic E-state index is 12.1. The molecule has 0 saturated heterocycles. The monoisotopic (exact) mass is 303 g/mol. The molecule has 1 aromatic heterocycles. The largest absolute Gasteiger partial charge is 0.482 e. The average Bonchev–Trinajstić information content (AvgIpc) is 2.54. The Morgan fingerprint density at radius 3 is 2.68 bits per heavy atom. The summed E-state index contributed by atoms with van der Waals surface area (Å²) in [5.41, 5.74) is 0.333. The van der Waals surface area contributed by atoms with Gasteiger partial charge >= 0.3 is 0 Å². The third-order valence-corrected chi connectivity index (χ3v) is 2.92. The number of carbonyl (C=O) groups is 1. The minimum Gasteiger partial charge on any atom is -0.482 e. The number of hydrogen-bond donors (Lipinski definition) is 3. The fourth-order valence-corrected chi connectivity index (χ4v) is 1.87. The molecule has 0 atom stereocenters. The molecular formula is C15H17N3O4. The first kappa shape index (κ1) is 15.6. The summed E-state index contributed by atoms with van der Waals surface area (Å²) in [5, 5.41) is 11.2. The molecule has 22 heavy (non-hydrogen) atoms. The summed E-state index contributed by atoms with van der Waals surface area (Å²) < 4.78 is 6.52. The standard InChI is InChI=1S/C15H17N3O4/c16-18-8-6-12(20)14(13(18)15(21)17-7-9-19)22-10-11-4-2-1-3-5-11/h1-6,8,19H,7,9-10,16H2,(H,17,21). The number of nitrogens with one attached hydrogen (secondary N) is 1. The molecule has 0 aliphatic heterocycles. The Bertz CT molecular complexity index is 698. The van der Waals surface area contributed by atoms with E-state index in [2.05, 4.69) is 5.32 Å². The predicted molar refractivity (Wildman–Crippen MR) is 81.0 cm³/mol. The number of nitrogens with two attached hydrogens (primary N) is 1. The number of aliphatic hydroxyl groups excluding tert-OH is 1. The third-order valence-electron chi connectivity index (χ3n) is 2.92. The first-order chi connectivity index (χ1) is 10.6. The molecule has 0 bridgehead atoms. The molecule has 0 aliphatic carbocycles. The van der Waals surface area contributed by atoms with Crippen molar-refractivity contribution in [1.29, 1.82) is 0 Å². The van der Waals surface area contributed by atoms with Crippen LogP contribution in [0, 0.1) is 0 Å². The second-order valence-electron chi connectivity index (χ2n) is 4.52. The van der Waals surface area contributed by atoms with Crippen molar-refractivity contribution in [2.75, 3.05) is 19.0 Å². The molecule has 1 amide bonds. The van der Waals surface area contributed by atoms with Crippen molar-refractivity contribution in [3.05, 3.63) is 64.1 Å². The van der Waals surface area contributed by atoms with Crippen molar-refractivity contribution < 1.29 is 14.6 Å². The Hall–Kier alpha value is -2.80. The Balaban J connectivity index is 2.27. The zero-order chi connectivity index (χ0) is 15.9. The van der Waals surface area contributed by atoms with Crippen LogP contribution in [0.3, 0.4) is 0 Å². The van der Waals surface area contributed by atoms with Gasteiger partial charge in [0.25, 0.3) is 5.91 Å². The number of aliphatic hydroxyl groups is 1. The van der Waals surface area contributed by atoms with Crippen LogP contribution in [0.4, 0.5) is 0 Å². The van der Waals surface area contributed by atoms with Gasteiger partial charge in [0.1, 0.15) is 6.61 Å². The summed E-state index contributed by atoms with van der Waals surface area (Å²) >= 11 is 0. The van der Waals surface area contributed by atoms with Crippen LogP contribution in [0.5, 0.6) is 5.75 Å². The quantitative estimate of drug-likeness (QED) is 0.644. The smallest absolute Gasteiger partial charge is 0.273 e. The number of rotatable bonds is 6. The number of pyridine rings is 1. The molecule has 0 fully saturated rings. The van der Waals surface area contributed by atoms with Crippen LogP contribution in [0.1, 0.15) is 16.1 Å². The maximum Gasteiger partial charge on any atom is 0.273 e. The average molecular weight is 303 g/mol. The fraction of sp³-hybridized carbons (Fsp3) is 0.200. The summed E-state index contributed by atoms with van der Waals surface area (Å²) in [5.74, 6) is 5.00. The second-order valence-corrected chi connectivity index (χ2v) is 4.52. The zero-order valence-corrected chi connectivity index (χ0v) is 11.9. The number of hydrogen-bond acceptors (Lipinski definition) is 5. The van der Waals surface area contributed by atoms with Crippen LogP contribution in [0.2, 0.25) is 0 Å². The van der Waals surface area contributed by atoms with Crippen molar-refractivity contribution >= 4 is 5.91 Å². The molecule has 1 aromatic carbocycles. The van der Waals surface area contributed by atoms with E-state index in [9.17, 15) is 9.59 Å². The van der Waals surface area contributed by atoms with Crippen LogP contribution in [0.15, 0.2) is 47.4 Å². The first-order valence-corrected chi connectivity index (χ1v) is 6.70. The van der Waals surface area contributed by atoms with Gasteiger partial charge in [-0.25, -0.2) is 0 Å². The molecule has 2 rings (SSSR count). The highest BCUT2D eigenvalue weighted by molar-refractivity contribution is 5.95. The lowest BCUT2D eigenvalue weighted by atomic mass is 10.2. The number of nitrogens with zero attached hydrogens (tertiary/aromatic N) is 1. The zero-order valence-electron chi connectivity index (χ0n) is 11.9. The predicted octanol–water partition coefficient (Wildman–Crippen LogP) is -0.137. The van der Waals surface area contributed by atoms with Crippen molar-refractivity contribution in [3.8, 4) is 5.75 Å². The highest BCUT2D eigenvalue weighted by Crippen LogP contribution is 2.13. The van der Waals surface area contributed by atoms with E-state index in [1.807, 2.05) is 30.3 Å². The number of amides is 1.